The van der Waals surface area contributed by atoms with Crippen LogP contribution in [0, 0.1) is 0 Å². The average Bonchev–Trinajstić information content (AvgIpc) is 2.65. The van der Waals surface area contributed by atoms with Crippen molar-refractivity contribution in [3.8, 4) is 5.75 Å². The van der Waals surface area contributed by atoms with Crippen LogP contribution in [-0.2, 0) is 16.1 Å². The summed E-state index contributed by atoms with van der Waals surface area (Å²) in [7, 11) is 5.73. The summed E-state index contributed by atoms with van der Waals surface area (Å²) >= 11 is 0. The van der Waals surface area contributed by atoms with E-state index < -0.39 is 6.10 Å². The SMILES string of the molecule is C[C@H]1Oc2ccccc2N(CC(=O)N(C)Cc2ccc(N(C)C)cc2)C1=O. The minimum Gasteiger partial charge on any atom is -0.479 e. The first kappa shape index (κ1) is 18.8. The smallest absolute Gasteiger partial charge is 0.268 e. The molecule has 1 aliphatic rings. The lowest BCUT2D eigenvalue weighted by atomic mass is 10.1. The highest BCUT2D eigenvalue weighted by Crippen LogP contribution is 2.33. The van der Waals surface area contributed by atoms with Crippen LogP contribution >= 0.6 is 0 Å². The van der Waals surface area contributed by atoms with Crippen molar-refractivity contribution in [1.82, 2.24) is 4.90 Å². The molecule has 0 aromatic heterocycles. The van der Waals surface area contributed by atoms with E-state index in [4.69, 9.17) is 4.74 Å². The van der Waals surface area contributed by atoms with Crippen molar-refractivity contribution in [1.29, 1.82) is 0 Å². The molecule has 0 unspecified atom stereocenters. The first-order valence-corrected chi connectivity index (χ1v) is 8.94. The molecule has 0 bridgehead atoms. The Bertz CT molecular complexity index is 833. The number of rotatable bonds is 5. The van der Waals surface area contributed by atoms with Crippen molar-refractivity contribution in [2.45, 2.75) is 19.6 Å². The van der Waals surface area contributed by atoms with Crippen LogP contribution in [0.1, 0.15) is 12.5 Å². The molecule has 0 spiro atoms. The van der Waals surface area contributed by atoms with Gasteiger partial charge in [0.1, 0.15) is 12.3 Å². The Hall–Kier alpha value is -3.02. The molecule has 0 fully saturated rings. The zero-order chi connectivity index (χ0) is 19.6. The predicted molar refractivity (Wildman–Crippen MR) is 106 cm³/mol. The Morgan fingerprint density at radius 1 is 1.07 bits per heavy atom. The third-order valence-corrected chi connectivity index (χ3v) is 4.67. The van der Waals surface area contributed by atoms with E-state index in [-0.39, 0.29) is 18.4 Å². The molecule has 0 saturated carbocycles. The van der Waals surface area contributed by atoms with E-state index in [9.17, 15) is 9.59 Å². The van der Waals surface area contributed by atoms with Crippen LogP contribution in [0.25, 0.3) is 0 Å². The van der Waals surface area contributed by atoms with Crippen LogP contribution in [0.15, 0.2) is 48.5 Å². The second-order valence-electron chi connectivity index (χ2n) is 6.96. The standard InChI is InChI=1S/C21H25N3O3/c1-15-21(26)24(18-7-5-6-8-19(18)27-15)14-20(25)23(4)13-16-9-11-17(12-10-16)22(2)3/h5-12,15H,13-14H2,1-4H3/t15-/m1/s1. The number of carbonyl (C=O) groups is 2. The molecular formula is C21H25N3O3. The Morgan fingerprint density at radius 3 is 2.41 bits per heavy atom. The molecule has 1 aliphatic heterocycles. The van der Waals surface area contributed by atoms with Gasteiger partial charge < -0.3 is 14.5 Å². The van der Waals surface area contributed by atoms with Gasteiger partial charge in [0, 0.05) is 33.4 Å². The molecule has 3 rings (SSSR count). The van der Waals surface area contributed by atoms with Crippen LogP contribution in [0.4, 0.5) is 11.4 Å². The molecule has 142 valence electrons. The molecule has 0 radical (unpaired) electrons. The van der Waals surface area contributed by atoms with Gasteiger partial charge in [-0.05, 0) is 36.8 Å². The predicted octanol–water partition coefficient (Wildman–Crippen LogP) is 2.53. The molecule has 2 aromatic rings. The summed E-state index contributed by atoms with van der Waals surface area (Å²) in [6.45, 7) is 2.18. The van der Waals surface area contributed by atoms with Gasteiger partial charge in [-0.2, -0.15) is 0 Å². The van der Waals surface area contributed by atoms with E-state index in [0.29, 0.717) is 18.0 Å². The summed E-state index contributed by atoms with van der Waals surface area (Å²) in [5, 5.41) is 0. The van der Waals surface area contributed by atoms with Gasteiger partial charge in [0.25, 0.3) is 5.91 Å². The van der Waals surface area contributed by atoms with Gasteiger partial charge in [-0.3, -0.25) is 14.5 Å². The van der Waals surface area contributed by atoms with E-state index in [1.165, 1.54) is 4.90 Å². The minimum absolute atomic E-state index is 0.00414. The topological polar surface area (TPSA) is 53.1 Å². The molecule has 1 heterocycles. The molecule has 27 heavy (non-hydrogen) atoms. The number of likely N-dealkylation sites (N-methyl/N-ethyl adjacent to an activating group) is 1. The number of hydrogen-bond acceptors (Lipinski definition) is 4. The van der Waals surface area contributed by atoms with Gasteiger partial charge in [0.15, 0.2) is 6.10 Å². The number of amides is 2. The zero-order valence-electron chi connectivity index (χ0n) is 16.2. The summed E-state index contributed by atoms with van der Waals surface area (Å²) in [6.07, 6.45) is -0.600. The molecule has 1 atom stereocenters. The normalized spacial score (nSPS) is 15.8. The Kier molecular flexibility index (Phi) is 5.35. The average molecular weight is 367 g/mol. The second kappa shape index (κ2) is 7.70. The maximum Gasteiger partial charge on any atom is 0.268 e. The fraction of sp³-hybridized carbons (Fsp3) is 0.333. The molecule has 2 amide bonds. The highest BCUT2D eigenvalue weighted by molar-refractivity contribution is 6.03. The summed E-state index contributed by atoms with van der Waals surface area (Å²) in [6, 6.07) is 15.4. The van der Waals surface area contributed by atoms with E-state index in [1.54, 1.807) is 24.9 Å². The van der Waals surface area contributed by atoms with Crippen molar-refractivity contribution in [3.05, 3.63) is 54.1 Å². The lowest BCUT2D eigenvalue weighted by Crippen LogP contribution is -2.48. The number of nitrogens with zero attached hydrogens (tertiary/aromatic N) is 3. The number of fused-ring (bicyclic) bond motifs is 1. The van der Waals surface area contributed by atoms with Crippen molar-refractivity contribution in [2.75, 3.05) is 37.5 Å². The summed E-state index contributed by atoms with van der Waals surface area (Å²) in [5.74, 6) is 0.300. The maximum absolute atomic E-state index is 12.7. The monoisotopic (exact) mass is 367 g/mol. The van der Waals surface area contributed by atoms with Crippen LogP contribution in [0.2, 0.25) is 0 Å². The molecule has 2 aromatic carbocycles. The third-order valence-electron chi connectivity index (χ3n) is 4.67. The van der Waals surface area contributed by atoms with E-state index in [0.717, 1.165) is 11.3 Å². The fourth-order valence-corrected chi connectivity index (χ4v) is 3.04. The summed E-state index contributed by atoms with van der Waals surface area (Å²) in [4.78, 5) is 30.4. The second-order valence-corrected chi connectivity index (χ2v) is 6.96. The van der Waals surface area contributed by atoms with Gasteiger partial charge in [0.2, 0.25) is 5.91 Å². The van der Waals surface area contributed by atoms with Crippen LogP contribution in [0.3, 0.4) is 0 Å². The number of carbonyl (C=O) groups excluding carboxylic acids is 2. The van der Waals surface area contributed by atoms with E-state index >= 15 is 0 Å². The number of hydrogen-bond donors (Lipinski definition) is 0. The quantitative estimate of drug-likeness (QED) is 0.815. The van der Waals surface area contributed by atoms with Gasteiger partial charge in [-0.1, -0.05) is 24.3 Å². The Balaban J connectivity index is 1.70. The number of anilines is 2. The largest absolute Gasteiger partial charge is 0.479 e. The van der Waals surface area contributed by atoms with Crippen molar-refractivity contribution in [2.24, 2.45) is 0 Å². The van der Waals surface area contributed by atoms with Crippen molar-refractivity contribution >= 4 is 23.2 Å². The van der Waals surface area contributed by atoms with E-state index in [2.05, 4.69) is 0 Å². The first-order chi connectivity index (χ1) is 12.9. The van der Waals surface area contributed by atoms with Crippen LogP contribution < -0.4 is 14.5 Å². The van der Waals surface area contributed by atoms with Gasteiger partial charge in [0.05, 0.1) is 5.69 Å². The summed E-state index contributed by atoms with van der Waals surface area (Å²) < 4.78 is 5.62. The highest BCUT2D eigenvalue weighted by atomic mass is 16.5. The zero-order valence-corrected chi connectivity index (χ0v) is 16.2. The third kappa shape index (κ3) is 4.05. The van der Waals surface area contributed by atoms with Crippen molar-refractivity contribution in [3.63, 3.8) is 0 Å². The summed E-state index contributed by atoms with van der Waals surface area (Å²) in [5.41, 5.74) is 2.79. The number of ether oxygens (including phenoxy) is 1. The highest BCUT2D eigenvalue weighted by Gasteiger charge is 2.33. The molecule has 0 N–H and O–H groups in total. The van der Waals surface area contributed by atoms with Crippen LogP contribution in [-0.4, -0.2) is 50.5 Å². The van der Waals surface area contributed by atoms with Gasteiger partial charge in [-0.25, -0.2) is 0 Å². The van der Waals surface area contributed by atoms with Gasteiger partial charge >= 0.3 is 0 Å². The minimum atomic E-state index is -0.600. The number of para-hydroxylation sites is 2. The van der Waals surface area contributed by atoms with Gasteiger partial charge in [-0.15, -0.1) is 0 Å². The maximum atomic E-state index is 12.7. The lowest BCUT2D eigenvalue weighted by molar-refractivity contribution is -0.132. The Morgan fingerprint density at radius 2 is 1.74 bits per heavy atom. The van der Waals surface area contributed by atoms with Crippen molar-refractivity contribution < 1.29 is 14.3 Å². The molecular weight excluding hydrogens is 342 g/mol. The Labute approximate surface area is 159 Å². The molecule has 0 saturated heterocycles. The number of benzene rings is 2. The first-order valence-electron chi connectivity index (χ1n) is 8.94. The lowest BCUT2D eigenvalue weighted by Gasteiger charge is -2.33. The van der Waals surface area contributed by atoms with E-state index in [1.807, 2.05) is 61.5 Å². The van der Waals surface area contributed by atoms with Crippen LogP contribution in [0.5, 0.6) is 5.75 Å². The molecule has 0 aliphatic carbocycles. The molecule has 6 nitrogen and oxygen atoms in total. The fourth-order valence-electron chi connectivity index (χ4n) is 3.04. The molecule has 6 heteroatoms.